The van der Waals surface area contributed by atoms with Crippen molar-refractivity contribution in [1.82, 2.24) is 15.1 Å². The number of likely N-dealkylation sites (tertiary alicyclic amines) is 1. The number of carbonyl (C=O) groups is 1. The maximum atomic E-state index is 12.0. The minimum absolute atomic E-state index is 0.314. The Labute approximate surface area is 158 Å². The predicted octanol–water partition coefficient (Wildman–Crippen LogP) is 3.05. The summed E-state index contributed by atoms with van der Waals surface area (Å²) in [6, 6.07) is 9.10. The summed E-state index contributed by atoms with van der Waals surface area (Å²) in [5.74, 6) is 1.21. The van der Waals surface area contributed by atoms with Crippen molar-refractivity contribution >= 4 is 11.9 Å². The van der Waals surface area contributed by atoms with E-state index in [1.54, 1.807) is 0 Å². The van der Waals surface area contributed by atoms with Crippen molar-refractivity contribution in [1.29, 1.82) is 0 Å². The Hall–Kier alpha value is -2.04. The van der Waals surface area contributed by atoms with Gasteiger partial charge in [-0.05, 0) is 36.8 Å². The van der Waals surface area contributed by atoms with E-state index in [1.807, 2.05) is 7.05 Å². The van der Waals surface area contributed by atoms with Gasteiger partial charge in [-0.2, -0.15) is 0 Å². The van der Waals surface area contributed by atoms with Gasteiger partial charge in [-0.15, -0.1) is 0 Å². The van der Waals surface area contributed by atoms with Crippen LogP contribution in [-0.2, 0) is 17.8 Å². The average Bonchev–Trinajstić information content (AvgIpc) is 3.08. The highest BCUT2D eigenvalue weighted by molar-refractivity contribution is 5.79. The molecule has 0 spiro atoms. The van der Waals surface area contributed by atoms with Gasteiger partial charge in [0.2, 0.25) is 5.91 Å². The van der Waals surface area contributed by atoms with Crippen molar-refractivity contribution in [2.24, 2.45) is 4.99 Å². The van der Waals surface area contributed by atoms with E-state index in [-0.39, 0.29) is 0 Å². The van der Waals surface area contributed by atoms with Crippen LogP contribution in [0, 0.1) is 0 Å². The molecule has 26 heavy (non-hydrogen) atoms. The first-order valence-corrected chi connectivity index (χ1v) is 9.88. The molecule has 0 aromatic heterocycles. The van der Waals surface area contributed by atoms with Gasteiger partial charge < -0.3 is 15.1 Å². The first kappa shape index (κ1) is 20.3. The third kappa shape index (κ3) is 5.48. The topological polar surface area (TPSA) is 47.9 Å². The van der Waals surface area contributed by atoms with E-state index >= 15 is 0 Å². The van der Waals surface area contributed by atoms with Crippen molar-refractivity contribution in [2.75, 3.05) is 27.2 Å². The van der Waals surface area contributed by atoms with Crippen molar-refractivity contribution in [3.63, 3.8) is 0 Å². The molecule has 2 rings (SSSR count). The zero-order valence-corrected chi connectivity index (χ0v) is 16.8. The van der Waals surface area contributed by atoms with Gasteiger partial charge in [-0.25, -0.2) is 0 Å². The van der Waals surface area contributed by atoms with E-state index in [2.05, 4.69) is 65.3 Å². The van der Waals surface area contributed by atoms with E-state index in [0.717, 1.165) is 51.3 Å². The first-order valence-electron chi connectivity index (χ1n) is 9.88. The minimum atomic E-state index is 0.314. The fourth-order valence-electron chi connectivity index (χ4n) is 3.60. The highest BCUT2D eigenvalue weighted by atomic mass is 16.2. The number of nitrogens with one attached hydrogen (secondary N) is 1. The van der Waals surface area contributed by atoms with Gasteiger partial charge in [0.1, 0.15) is 0 Å². The summed E-state index contributed by atoms with van der Waals surface area (Å²) in [5, 5.41) is 3.45. The maximum Gasteiger partial charge on any atom is 0.222 e. The van der Waals surface area contributed by atoms with Gasteiger partial charge in [0, 0.05) is 46.2 Å². The molecule has 5 heteroatoms. The second-order valence-electron chi connectivity index (χ2n) is 7.04. The third-order valence-electron chi connectivity index (χ3n) is 5.21. The maximum absolute atomic E-state index is 12.0. The standard InChI is InChI=1S/C21H34N4O/c1-5-17-9-11-18(12-10-17)16-24(4)21(22-3)23-14-13-19(6-2)25-15-7-8-20(25)26/h9-12,19H,5-8,13-16H2,1-4H3,(H,22,23). The molecule has 1 heterocycles. The molecule has 1 unspecified atom stereocenters. The normalized spacial score (nSPS) is 16.1. The lowest BCUT2D eigenvalue weighted by Gasteiger charge is -2.28. The predicted molar refractivity (Wildman–Crippen MR) is 108 cm³/mol. The average molecular weight is 359 g/mol. The molecule has 0 saturated carbocycles. The molecule has 1 aromatic rings. The van der Waals surface area contributed by atoms with Crippen molar-refractivity contribution in [3.8, 4) is 0 Å². The van der Waals surface area contributed by atoms with Gasteiger partial charge in [-0.1, -0.05) is 38.1 Å². The Morgan fingerprint density at radius 2 is 1.96 bits per heavy atom. The lowest BCUT2D eigenvalue weighted by atomic mass is 10.1. The fraction of sp³-hybridized carbons (Fsp3) is 0.619. The SMILES string of the molecule is CCc1ccc(CN(C)C(=NC)NCCC(CC)N2CCCC2=O)cc1. The summed E-state index contributed by atoms with van der Waals surface area (Å²) >= 11 is 0. The van der Waals surface area contributed by atoms with Crippen LogP contribution in [0.4, 0.5) is 0 Å². The molecule has 5 nitrogen and oxygen atoms in total. The molecule has 0 radical (unpaired) electrons. The molecule has 0 bridgehead atoms. The number of carbonyl (C=O) groups excluding carboxylic acids is 1. The first-order chi connectivity index (χ1) is 12.6. The molecule has 0 aliphatic carbocycles. The smallest absolute Gasteiger partial charge is 0.222 e. The summed E-state index contributed by atoms with van der Waals surface area (Å²) in [6.07, 6.45) is 4.75. The number of hydrogen-bond acceptors (Lipinski definition) is 2. The number of aliphatic imine (C=N–C) groups is 1. The Kier molecular flexibility index (Phi) is 7.95. The molecule has 1 fully saturated rings. The lowest BCUT2D eigenvalue weighted by Crippen LogP contribution is -2.42. The van der Waals surface area contributed by atoms with Crippen LogP contribution in [0.3, 0.4) is 0 Å². The van der Waals surface area contributed by atoms with E-state index in [9.17, 15) is 4.79 Å². The molecule has 1 amide bonds. The number of guanidine groups is 1. The van der Waals surface area contributed by atoms with Crippen LogP contribution >= 0.6 is 0 Å². The minimum Gasteiger partial charge on any atom is -0.356 e. The second kappa shape index (κ2) is 10.2. The summed E-state index contributed by atoms with van der Waals surface area (Å²) < 4.78 is 0. The summed E-state index contributed by atoms with van der Waals surface area (Å²) in [7, 11) is 3.88. The molecule has 1 atom stereocenters. The number of benzene rings is 1. The van der Waals surface area contributed by atoms with Crippen LogP contribution in [0.25, 0.3) is 0 Å². The molecule has 1 aliphatic rings. The van der Waals surface area contributed by atoms with E-state index in [4.69, 9.17) is 0 Å². The Morgan fingerprint density at radius 3 is 2.50 bits per heavy atom. The Balaban J connectivity index is 1.82. The largest absolute Gasteiger partial charge is 0.356 e. The van der Waals surface area contributed by atoms with E-state index in [0.29, 0.717) is 18.4 Å². The third-order valence-corrected chi connectivity index (χ3v) is 5.21. The monoisotopic (exact) mass is 358 g/mol. The van der Waals surface area contributed by atoms with Gasteiger partial charge in [-0.3, -0.25) is 9.79 Å². The zero-order valence-electron chi connectivity index (χ0n) is 16.8. The Bertz CT molecular complexity index is 597. The summed E-state index contributed by atoms with van der Waals surface area (Å²) in [4.78, 5) is 20.6. The molecular formula is C21H34N4O. The van der Waals surface area contributed by atoms with E-state index in [1.165, 1.54) is 11.1 Å². The molecule has 1 saturated heterocycles. The fourth-order valence-corrected chi connectivity index (χ4v) is 3.60. The van der Waals surface area contributed by atoms with Crippen molar-refractivity contribution < 1.29 is 4.79 Å². The highest BCUT2D eigenvalue weighted by Crippen LogP contribution is 2.17. The van der Waals surface area contributed by atoms with Crippen LogP contribution in [0.1, 0.15) is 50.7 Å². The van der Waals surface area contributed by atoms with Gasteiger partial charge in [0.25, 0.3) is 0 Å². The highest BCUT2D eigenvalue weighted by Gasteiger charge is 2.26. The van der Waals surface area contributed by atoms with Crippen LogP contribution in [0.5, 0.6) is 0 Å². The van der Waals surface area contributed by atoms with Crippen LogP contribution in [0.15, 0.2) is 29.3 Å². The van der Waals surface area contributed by atoms with Crippen molar-refractivity contribution in [3.05, 3.63) is 35.4 Å². The van der Waals surface area contributed by atoms with Gasteiger partial charge >= 0.3 is 0 Å². The van der Waals surface area contributed by atoms with Gasteiger partial charge in [0.05, 0.1) is 0 Å². The van der Waals surface area contributed by atoms with Crippen LogP contribution in [0.2, 0.25) is 0 Å². The lowest BCUT2D eigenvalue weighted by molar-refractivity contribution is -0.129. The van der Waals surface area contributed by atoms with Crippen LogP contribution < -0.4 is 5.32 Å². The zero-order chi connectivity index (χ0) is 18.9. The molecule has 1 aromatic carbocycles. The van der Waals surface area contributed by atoms with E-state index < -0.39 is 0 Å². The van der Waals surface area contributed by atoms with Crippen molar-refractivity contribution in [2.45, 2.75) is 58.5 Å². The Morgan fingerprint density at radius 1 is 1.27 bits per heavy atom. The van der Waals surface area contributed by atoms with Crippen LogP contribution in [-0.4, -0.2) is 54.9 Å². The summed E-state index contributed by atoms with van der Waals surface area (Å²) in [5.41, 5.74) is 2.64. The summed E-state index contributed by atoms with van der Waals surface area (Å²) in [6.45, 7) is 6.91. The molecular weight excluding hydrogens is 324 g/mol. The molecule has 144 valence electrons. The van der Waals surface area contributed by atoms with Gasteiger partial charge in [0.15, 0.2) is 5.96 Å². The number of nitrogens with zero attached hydrogens (tertiary/aromatic N) is 3. The number of aryl methyl sites for hydroxylation is 1. The second-order valence-corrected chi connectivity index (χ2v) is 7.04. The number of hydrogen-bond donors (Lipinski definition) is 1. The number of amides is 1. The molecule has 1 aliphatic heterocycles. The number of rotatable bonds is 8. The quantitative estimate of drug-likeness (QED) is 0.574. The molecule has 1 N–H and O–H groups in total.